The van der Waals surface area contributed by atoms with E-state index in [0.717, 1.165) is 31.2 Å². The molecule has 1 aromatic carbocycles. The lowest BCUT2D eigenvalue weighted by atomic mass is 9.86. The molecule has 4 rings (SSSR count). The molecule has 32 heavy (non-hydrogen) atoms. The fourth-order valence-corrected chi connectivity index (χ4v) is 4.11. The van der Waals surface area contributed by atoms with E-state index in [9.17, 15) is 9.90 Å². The number of pyridine rings is 1. The summed E-state index contributed by atoms with van der Waals surface area (Å²) in [4.78, 5) is 24.6. The van der Waals surface area contributed by atoms with E-state index in [-0.39, 0.29) is 24.0 Å². The largest absolute Gasteiger partial charge is 0.466 e. The molecule has 168 valence electrons. The Labute approximate surface area is 192 Å². The van der Waals surface area contributed by atoms with E-state index in [1.165, 1.54) is 6.20 Å². The van der Waals surface area contributed by atoms with Gasteiger partial charge in [0, 0.05) is 41.6 Å². The second-order valence-electron chi connectivity index (χ2n) is 8.14. The fourth-order valence-electron chi connectivity index (χ4n) is 3.98. The van der Waals surface area contributed by atoms with Crippen molar-refractivity contribution in [2.24, 2.45) is 5.92 Å². The number of ether oxygens (including phenoxy) is 1. The van der Waals surface area contributed by atoms with Crippen molar-refractivity contribution in [1.82, 2.24) is 20.3 Å². The van der Waals surface area contributed by atoms with E-state index >= 15 is 0 Å². The van der Waals surface area contributed by atoms with Gasteiger partial charge in [-0.25, -0.2) is 9.97 Å². The van der Waals surface area contributed by atoms with Crippen LogP contribution in [0.2, 0.25) is 5.02 Å². The molecule has 7 nitrogen and oxygen atoms in total. The Hall–Kier alpha value is -2.90. The number of hydrogen-bond donors (Lipinski definition) is 3. The van der Waals surface area contributed by atoms with E-state index in [4.69, 9.17) is 16.3 Å². The van der Waals surface area contributed by atoms with Gasteiger partial charge < -0.3 is 20.1 Å². The van der Waals surface area contributed by atoms with Gasteiger partial charge in [0.25, 0.3) is 5.91 Å². The molecule has 3 N–H and O–H groups in total. The molecule has 1 amide bonds. The van der Waals surface area contributed by atoms with Crippen LogP contribution in [-0.2, 0) is 0 Å². The Morgan fingerprint density at radius 2 is 2.06 bits per heavy atom. The zero-order valence-corrected chi connectivity index (χ0v) is 18.7. The lowest BCUT2D eigenvalue weighted by Crippen LogP contribution is -2.36. The molecule has 1 unspecified atom stereocenters. The highest BCUT2D eigenvalue weighted by atomic mass is 35.5. The van der Waals surface area contributed by atoms with Gasteiger partial charge in [-0.15, -0.1) is 0 Å². The summed E-state index contributed by atoms with van der Waals surface area (Å²) in [6, 6.07) is 9.07. The van der Waals surface area contributed by atoms with Gasteiger partial charge >= 0.3 is 0 Å². The zero-order chi connectivity index (χ0) is 22.5. The van der Waals surface area contributed by atoms with Crippen LogP contribution in [0.1, 0.15) is 54.9 Å². The van der Waals surface area contributed by atoms with Gasteiger partial charge in [0.05, 0.1) is 11.7 Å². The first-order valence-corrected chi connectivity index (χ1v) is 11.3. The maximum atomic E-state index is 12.8. The van der Waals surface area contributed by atoms with Crippen LogP contribution in [0.25, 0.3) is 11.1 Å². The van der Waals surface area contributed by atoms with E-state index in [0.29, 0.717) is 34.4 Å². The highest BCUT2D eigenvalue weighted by molar-refractivity contribution is 6.30. The highest BCUT2D eigenvalue weighted by Crippen LogP contribution is 2.32. The average Bonchev–Trinajstić information content (AvgIpc) is 3.34. The molecule has 0 spiro atoms. The quantitative estimate of drug-likeness (QED) is 0.486. The summed E-state index contributed by atoms with van der Waals surface area (Å²) in [5.41, 5.74) is 1.95. The van der Waals surface area contributed by atoms with Gasteiger partial charge in [0.1, 0.15) is 5.82 Å². The standard InChI is InChI=1S/C24H27ClN4O3/c1-15(22-26-10-11-27-22)32-24-20(16-6-8-19(25)9-7-16)12-18(14-29-24)23(31)28-13-17-4-2-3-5-21(17)30/h6-12,14-15,17,21,30H,2-5,13H2,1H3,(H,26,27)(H,28,31)/t15?,17-,21-/m0/s1. The zero-order valence-electron chi connectivity index (χ0n) is 17.9. The predicted octanol–water partition coefficient (Wildman–Crippen LogP) is 4.55. The minimum Gasteiger partial charge on any atom is -0.466 e. The first-order chi connectivity index (χ1) is 15.5. The number of aliphatic hydroxyl groups is 1. The second-order valence-corrected chi connectivity index (χ2v) is 8.58. The van der Waals surface area contributed by atoms with Crippen LogP contribution in [0.5, 0.6) is 5.88 Å². The van der Waals surface area contributed by atoms with E-state index in [2.05, 4.69) is 20.3 Å². The minimum atomic E-state index is -0.356. The maximum Gasteiger partial charge on any atom is 0.252 e. The summed E-state index contributed by atoms with van der Waals surface area (Å²) >= 11 is 6.06. The molecule has 1 aliphatic carbocycles. The topological polar surface area (TPSA) is 100 Å². The van der Waals surface area contributed by atoms with Gasteiger partial charge in [0.2, 0.25) is 5.88 Å². The highest BCUT2D eigenvalue weighted by Gasteiger charge is 2.24. The van der Waals surface area contributed by atoms with Crippen molar-refractivity contribution in [2.45, 2.75) is 44.8 Å². The summed E-state index contributed by atoms with van der Waals surface area (Å²) < 4.78 is 6.08. The van der Waals surface area contributed by atoms with E-state index < -0.39 is 0 Å². The van der Waals surface area contributed by atoms with Crippen molar-refractivity contribution in [3.05, 3.63) is 65.3 Å². The minimum absolute atomic E-state index is 0.0909. The number of nitrogens with one attached hydrogen (secondary N) is 2. The number of hydrogen-bond acceptors (Lipinski definition) is 5. The number of aromatic nitrogens is 3. The first kappa shape index (κ1) is 22.3. The molecule has 0 aliphatic heterocycles. The molecule has 3 atom stereocenters. The molecule has 2 aromatic heterocycles. The third-order valence-electron chi connectivity index (χ3n) is 5.86. The summed E-state index contributed by atoms with van der Waals surface area (Å²) in [5, 5.41) is 13.7. The molecular weight excluding hydrogens is 428 g/mol. The third-order valence-corrected chi connectivity index (χ3v) is 6.11. The smallest absolute Gasteiger partial charge is 0.252 e. The molecule has 3 aromatic rings. The van der Waals surface area contributed by atoms with E-state index in [1.54, 1.807) is 30.6 Å². The molecule has 0 saturated heterocycles. The molecule has 0 bridgehead atoms. The van der Waals surface area contributed by atoms with Gasteiger partial charge in [-0.05, 0) is 43.5 Å². The number of imidazole rings is 1. The lowest BCUT2D eigenvalue weighted by molar-refractivity contribution is 0.0663. The predicted molar refractivity (Wildman–Crippen MR) is 123 cm³/mol. The van der Waals surface area contributed by atoms with Gasteiger partial charge in [-0.1, -0.05) is 36.6 Å². The van der Waals surface area contributed by atoms with Crippen molar-refractivity contribution >= 4 is 17.5 Å². The van der Waals surface area contributed by atoms with Crippen LogP contribution < -0.4 is 10.1 Å². The molecule has 2 heterocycles. The summed E-state index contributed by atoms with van der Waals surface area (Å²) in [6.45, 7) is 2.33. The van der Waals surface area contributed by atoms with Crippen LogP contribution in [0.15, 0.2) is 48.9 Å². The lowest BCUT2D eigenvalue weighted by Gasteiger charge is -2.27. The molecular formula is C24H27ClN4O3. The van der Waals surface area contributed by atoms with Gasteiger partial charge in [0.15, 0.2) is 6.10 Å². The normalized spacial score (nSPS) is 19.3. The number of aliphatic hydroxyl groups excluding tert-OH is 1. The number of halogens is 1. The number of carbonyl (C=O) groups excluding carboxylic acids is 1. The van der Waals surface area contributed by atoms with Gasteiger partial charge in [-0.2, -0.15) is 0 Å². The molecule has 1 saturated carbocycles. The monoisotopic (exact) mass is 454 g/mol. The third kappa shape index (κ3) is 5.29. The summed E-state index contributed by atoms with van der Waals surface area (Å²) in [7, 11) is 0. The number of amides is 1. The number of benzene rings is 1. The van der Waals surface area contributed by atoms with Crippen molar-refractivity contribution in [3.8, 4) is 17.0 Å². The average molecular weight is 455 g/mol. The number of carbonyl (C=O) groups is 1. The van der Waals surface area contributed by atoms with E-state index in [1.807, 2.05) is 19.1 Å². The van der Waals surface area contributed by atoms with Crippen molar-refractivity contribution < 1.29 is 14.6 Å². The Bertz CT molecular complexity index is 1040. The number of H-pyrrole nitrogens is 1. The molecule has 8 heteroatoms. The molecule has 1 fully saturated rings. The van der Waals surface area contributed by atoms with Crippen LogP contribution >= 0.6 is 11.6 Å². The number of nitrogens with zero attached hydrogens (tertiary/aromatic N) is 2. The van der Waals surface area contributed by atoms with Crippen LogP contribution in [0, 0.1) is 5.92 Å². The fraction of sp³-hybridized carbons (Fsp3) is 0.375. The summed E-state index contributed by atoms with van der Waals surface area (Å²) in [5.74, 6) is 0.946. The molecule has 1 aliphatic rings. The van der Waals surface area contributed by atoms with Crippen LogP contribution in [0.3, 0.4) is 0 Å². The Morgan fingerprint density at radius 3 is 2.78 bits per heavy atom. The Kier molecular flexibility index (Phi) is 7.07. The Morgan fingerprint density at radius 1 is 1.28 bits per heavy atom. The SMILES string of the molecule is CC(Oc1ncc(C(=O)NC[C@@H]2CCCC[C@@H]2O)cc1-c1ccc(Cl)cc1)c1ncc[nH]1. The Balaban J connectivity index is 1.56. The van der Waals surface area contributed by atoms with Crippen molar-refractivity contribution in [2.75, 3.05) is 6.54 Å². The first-order valence-electron chi connectivity index (χ1n) is 10.9. The van der Waals surface area contributed by atoms with Crippen molar-refractivity contribution in [1.29, 1.82) is 0 Å². The molecule has 0 radical (unpaired) electrons. The maximum absolute atomic E-state index is 12.8. The number of aromatic amines is 1. The van der Waals surface area contributed by atoms with Gasteiger partial charge in [-0.3, -0.25) is 4.79 Å². The summed E-state index contributed by atoms with van der Waals surface area (Å²) in [6.07, 6.45) is 8.05. The number of rotatable bonds is 7. The van der Waals surface area contributed by atoms with Crippen LogP contribution in [-0.4, -0.2) is 38.6 Å². The van der Waals surface area contributed by atoms with Crippen LogP contribution in [0.4, 0.5) is 0 Å². The second kappa shape index (κ2) is 10.1. The van der Waals surface area contributed by atoms with Crippen molar-refractivity contribution in [3.63, 3.8) is 0 Å².